The Morgan fingerprint density at radius 2 is 1.92 bits per heavy atom. The van der Waals surface area contributed by atoms with Crippen LogP contribution in [0.1, 0.15) is 66.9 Å². The number of benzene rings is 2. The minimum Gasteiger partial charge on any atom is -0.490 e. The van der Waals surface area contributed by atoms with Gasteiger partial charge in [0.1, 0.15) is 5.75 Å². The largest absolute Gasteiger partial charge is 0.490 e. The second-order valence-electron chi connectivity index (χ2n) is 15.6. The molecule has 2 aliphatic carbocycles. The topological polar surface area (TPSA) is 97.4 Å². The lowest BCUT2D eigenvalue weighted by Crippen LogP contribution is -2.50. The predicted octanol–water partition coefficient (Wildman–Crippen LogP) is 6.53. The SMILES string of the molecule is C[C@H]1C/C=C/[C@H](OCCN2CCOCC2)[C@@H]2CC[C@H]2CN2C[C@@]3(CCCc4cc(Cl)ccc43)COc3ccc(cc32)C(=O)NS(=O)(=O)[C@@H]1CC(F)(F)F. The van der Waals surface area contributed by atoms with E-state index >= 15 is 0 Å². The van der Waals surface area contributed by atoms with Gasteiger partial charge in [-0.2, -0.15) is 13.2 Å². The molecule has 3 aliphatic heterocycles. The van der Waals surface area contributed by atoms with Crippen molar-refractivity contribution < 1.29 is 40.6 Å². The van der Waals surface area contributed by atoms with Crippen LogP contribution in [0.3, 0.4) is 0 Å². The zero-order valence-electron chi connectivity index (χ0n) is 30.1. The fraction of sp³-hybridized carbons (Fsp3) is 0.615. The summed E-state index contributed by atoms with van der Waals surface area (Å²) >= 11 is 6.44. The van der Waals surface area contributed by atoms with Crippen molar-refractivity contribution >= 4 is 33.2 Å². The van der Waals surface area contributed by atoms with Gasteiger partial charge in [0.2, 0.25) is 10.0 Å². The van der Waals surface area contributed by atoms with E-state index in [1.54, 1.807) is 18.2 Å². The molecule has 1 saturated heterocycles. The lowest BCUT2D eigenvalue weighted by Gasteiger charge is -2.46. The smallest absolute Gasteiger partial charge is 0.390 e. The Balaban J connectivity index is 1.25. The van der Waals surface area contributed by atoms with Gasteiger partial charge in [0.05, 0.1) is 49.9 Å². The van der Waals surface area contributed by atoms with Gasteiger partial charge in [-0.05, 0) is 97.7 Å². The number of allylic oxidation sites excluding steroid dienone is 1. The molecule has 9 nitrogen and oxygen atoms in total. The van der Waals surface area contributed by atoms with Crippen LogP contribution in [0, 0.1) is 17.8 Å². The molecular formula is C39H49ClF3N3O6S. The van der Waals surface area contributed by atoms with Crippen molar-refractivity contribution in [2.45, 2.75) is 74.8 Å². The highest BCUT2D eigenvalue weighted by Crippen LogP contribution is 2.47. The number of amides is 1. The van der Waals surface area contributed by atoms with Crippen LogP contribution in [0.5, 0.6) is 5.75 Å². The Morgan fingerprint density at radius 3 is 2.68 bits per heavy atom. The number of carbonyl (C=O) groups is 1. The summed E-state index contributed by atoms with van der Waals surface area (Å²) in [7, 11) is -4.74. The van der Waals surface area contributed by atoms with E-state index in [-0.39, 0.29) is 35.3 Å². The van der Waals surface area contributed by atoms with Crippen molar-refractivity contribution in [1.82, 2.24) is 9.62 Å². The molecule has 0 aromatic heterocycles. The number of nitrogens with zero attached hydrogens (tertiary/aromatic N) is 2. The minimum absolute atomic E-state index is 0.0348. The summed E-state index contributed by atoms with van der Waals surface area (Å²) in [6.07, 6.45) is 1.79. The molecule has 2 aromatic rings. The summed E-state index contributed by atoms with van der Waals surface area (Å²) in [5.41, 5.74) is 2.72. The van der Waals surface area contributed by atoms with Crippen LogP contribution in [-0.4, -0.2) is 95.9 Å². The van der Waals surface area contributed by atoms with Gasteiger partial charge < -0.3 is 19.1 Å². The minimum atomic E-state index is -4.76. The molecule has 0 radical (unpaired) electrons. The quantitative estimate of drug-likeness (QED) is 0.343. The summed E-state index contributed by atoms with van der Waals surface area (Å²) < 4.78 is 89.4. The van der Waals surface area contributed by atoms with Crippen molar-refractivity contribution in [2.75, 3.05) is 64.1 Å². The Kier molecular flexibility index (Phi) is 11.4. The van der Waals surface area contributed by atoms with Gasteiger partial charge in [-0.1, -0.05) is 36.7 Å². The summed E-state index contributed by atoms with van der Waals surface area (Å²) in [6.45, 7) is 7.39. The van der Waals surface area contributed by atoms with Gasteiger partial charge in [0.25, 0.3) is 5.91 Å². The average molecular weight is 780 g/mol. The van der Waals surface area contributed by atoms with Gasteiger partial charge in [0.15, 0.2) is 0 Å². The van der Waals surface area contributed by atoms with Crippen molar-refractivity contribution in [1.29, 1.82) is 0 Å². The molecule has 2 bridgehead atoms. The molecule has 7 rings (SSSR count). The van der Waals surface area contributed by atoms with Crippen molar-refractivity contribution in [3.8, 4) is 5.75 Å². The van der Waals surface area contributed by atoms with Crippen molar-refractivity contribution in [3.05, 3.63) is 70.3 Å². The van der Waals surface area contributed by atoms with E-state index in [4.69, 9.17) is 25.8 Å². The molecule has 290 valence electrons. The monoisotopic (exact) mass is 779 g/mol. The first-order chi connectivity index (χ1) is 25.3. The van der Waals surface area contributed by atoms with Crippen LogP contribution in [-0.2, 0) is 31.3 Å². The van der Waals surface area contributed by atoms with Crippen LogP contribution >= 0.6 is 11.6 Å². The second-order valence-corrected chi connectivity index (χ2v) is 17.9. The van der Waals surface area contributed by atoms with Crippen LogP contribution in [0.2, 0.25) is 5.02 Å². The fourth-order valence-corrected chi connectivity index (χ4v) is 10.8. The highest BCUT2D eigenvalue weighted by molar-refractivity contribution is 7.90. The number of sulfonamides is 1. The molecule has 6 atom stereocenters. The molecule has 14 heteroatoms. The number of hydrogen-bond acceptors (Lipinski definition) is 8. The van der Waals surface area contributed by atoms with Crippen molar-refractivity contribution in [3.63, 3.8) is 0 Å². The van der Waals surface area contributed by atoms with Gasteiger partial charge >= 0.3 is 6.18 Å². The Labute approximate surface area is 315 Å². The number of alkyl halides is 3. The number of ether oxygens (including phenoxy) is 3. The molecule has 1 amide bonds. The average Bonchev–Trinajstić information content (AvgIpc) is 3.25. The van der Waals surface area contributed by atoms with E-state index in [0.717, 1.165) is 51.7 Å². The third-order valence-electron chi connectivity index (χ3n) is 12.0. The van der Waals surface area contributed by atoms with E-state index < -0.39 is 39.7 Å². The first kappa shape index (κ1) is 38.4. The maximum absolute atomic E-state index is 13.8. The Morgan fingerprint density at radius 1 is 1.11 bits per heavy atom. The number of morpholine rings is 1. The van der Waals surface area contributed by atoms with E-state index in [1.165, 1.54) is 24.1 Å². The van der Waals surface area contributed by atoms with Crippen LogP contribution < -0.4 is 14.4 Å². The highest BCUT2D eigenvalue weighted by Gasteiger charge is 2.46. The number of anilines is 1. The summed E-state index contributed by atoms with van der Waals surface area (Å²) in [4.78, 5) is 18.2. The van der Waals surface area contributed by atoms with Gasteiger partial charge in [-0.15, -0.1) is 0 Å². The molecule has 1 spiro atoms. The van der Waals surface area contributed by atoms with E-state index in [0.29, 0.717) is 56.0 Å². The third-order valence-corrected chi connectivity index (χ3v) is 14.1. The van der Waals surface area contributed by atoms with Crippen LogP contribution in [0.25, 0.3) is 0 Å². The Bertz CT molecular complexity index is 1790. The van der Waals surface area contributed by atoms with Crippen LogP contribution in [0.4, 0.5) is 18.9 Å². The summed E-state index contributed by atoms with van der Waals surface area (Å²) in [5.74, 6) is -0.966. The first-order valence-electron chi connectivity index (χ1n) is 18.8. The molecule has 1 N–H and O–H groups in total. The normalized spacial score (nSPS) is 31.3. The van der Waals surface area contributed by atoms with E-state index in [1.807, 2.05) is 22.9 Å². The fourth-order valence-electron chi connectivity index (χ4n) is 8.94. The summed E-state index contributed by atoms with van der Waals surface area (Å²) in [6, 6.07) is 10.8. The molecule has 53 heavy (non-hydrogen) atoms. The number of aryl methyl sites for hydroxylation is 1. The molecule has 1 saturated carbocycles. The summed E-state index contributed by atoms with van der Waals surface area (Å²) in [5, 5.41) is -1.19. The number of halogens is 4. The highest BCUT2D eigenvalue weighted by atomic mass is 35.5. The van der Waals surface area contributed by atoms with Crippen LogP contribution in [0.15, 0.2) is 48.6 Å². The number of rotatable bonds is 5. The number of nitrogens with one attached hydrogen (secondary N) is 1. The van der Waals surface area contributed by atoms with Gasteiger partial charge in [0, 0.05) is 48.7 Å². The number of fused-ring (bicyclic) bond motifs is 4. The van der Waals surface area contributed by atoms with E-state index in [2.05, 4.69) is 15.9 Å². The number of hydrogen-bond donors (Lipinski definition) is 1. The second kappa shape index (κ2) is 15.7. The lowest BCUT2D eigenvalue weighted by molar-refractivity contribution is -0.136. The molecular weight excluding hydrogens is 731 g/mol. The Hall–Kier alpha value is -2.84. The van der Waals surface area contributed by atoms with Gasteiger partial charge in [-0.3, -0.25) is 9.69 Å². The zero-order chi connectivity index (χ0) is 37.4. The maximum atomic E-state index is 13.8. The molecule has 2 fully saturated rings. The lowest BCUT2D eigenvalue weighted by atomic mass is 9.68. The number of carbonyl (C=O) groups excluding carboxylic acids is 1. The standard InChI is InChI=1S/C39H49ClF3N3O6S/c1-26-4-2-6-34(51-19-16-45-14-17-50-18-15-45)31-10-7-29(31)23-46-24-38(13-3-5-27-20-30(40)9-11-32(27)38)25-52-35-12-8-28(21-33(35)46)37(47)44-53(48,49)36(26)22-39(41,42)43/h2,6,8-9,11-12,20-21,26,29,31,34,36H,3-5,7,10,13-19,22-25H2,1H3,(H,44,47)/b6-2+/t26-,29-,31+,34-,36+,38-/m0/s1. The van der Waals surface area contributed by atoms with Crippen molar-refractivity contribution in [2.24, 2.45) is 17.8 Å². The van der Waals surface area contributed by atoms with Gasteiger partial charge in [-0.25, -0.2) is 13.1 Å². The van der Waals surface area contributed by atoms with E-state index in [9.17, 15) is 26.4 Å². The first-order valence-corrected chi connectivity index (χ1v) is 20.7. The third kappa shape index (κ3) is 8.69. The molecule has 3 heterocycles. The predicted molar refractivity (Wildman–Crippen MR) is 197 cm³/mol. The molecule has 0 unspecified atom stereocenters. The zero-order valence-corrected chi connectivity index (χ0v) is 31.7. The molecule has 2 aromatic carbocycles. The maximum Gasteiger partial charge on any atom is 0.390 e. The molecule has 5 aliphatic rings.